The van der Waals surface area contributed by atoms with Gasteiger partial charge in [-0.3, -0.25) is 19.2 Å². The number of amides is 4. The van der Waals surface area contributed by atoms with Gasteiger partial charge in [-0.25, -0.2) is 18.7 Å². The molecule has 4 amide bonds. The van der Waals surface area contributed by atoms with Gasteiger partial charge in [0.15, 0.2) is 11.6 Å². The van der Waals surface area contributed by atoms with Crippen molar-refractivity contribution in [1.82, 2.24) is 50.2 Å². The molecule has 0 aliphatic carbocycles. The summed E-state index contributed by atoms with van der Waals surface area (Å²) < 4.78 is 33.2. The molecule has 4 heterocycles. The molecule has 60 heavy (non-hydrogen) atoms. The molecule has 0 bridgehead atoms. The first kappa shape index (κ1) is 44.5. The van der Waals surface area contributed by atoms with E-state index in [0.717, 1.165) is 0 Å². The van der Waals surface area contributed by atoms with Crippen LogP contribution in [0, 0.1) is 23.5 Å². The number of likely N-dealkylation sites (N-methyl/N-ethyl adjacent to an activating group) is 2. The zero-order valence-corrected chi connectivity index (χ0v) is 35.4. The number of likely N-dealkylation sites (tertiary alicyclic amines) is 2. The molecule has 2 aromatic carbocycles. The summed E-state index contributed by atoms with van der Waals surface area (Å²) in [6.45, 7) is 10.9. The zero-order valence-electron chi connectivity index (χ0n) is 35.4. The first-order valence-corrected chi connectivity index (χ1v) is 20.7. The molecule has 18 heteroatoms. The maximum absolute atomic E-state index is 14.8. The zero-order chi connectivity index (χ0) is 43.7. The number of fused-ring (bicyclic) bond motifs is 2. The fourth-order valence-electron chi connectivity index (χ4n) is 8.21. The predicted octanol–water partition coefficient (Wildman–Crippen LogP) is 1.75. The van der Waals surface area contributed by atoms with E-state index >= 15 is 0 Å². The van der Waals surface area contributed by atoms with Crippen LogP contribution in [-0.4, -0.2) is 138 Å². The van der Waals surface area contributed by atoms with Crippen molar-refractivity contribution in [1.29, 1.82) is 0 Å². The van der Waals surface area contributed by atoms with Crippen LogP contribution in [-0.2, 0) is 32.3 Å². The summed E-state index contributed by atoms with van der Waals surface area (Å²) >= 11 is 0. The van der Waals surface area contributed by atoms with E-state index < -0.39 is 60.1 Å². The van der Waals surface area contributed by atoms with E-state index in [1.807, 2.05) is 27.7 Å². The van der Waals surface area contributed by atoms with Gasteiger partial charge in [-0.15, -0.1) is 0 Å². The lowest BCUT2D eigenvalue weighted by Crippen LogP contribution is -2.56. The molecule has 16 nitrogen and oxygen atoms in total. The summed E-state index contributed by atoms with van der Waals surface area (Å²) in [6, 6.07) is 4.28. The summed E-state index contributed by atoms with van der Waals surface area (Å²) in [7, 11) is 3.30. The Bertz CT molecular complexity index is 2070. The van der Waals surface area contributed by atoms with Crippen molar-refractivity contribution in [2.45, 2.75) is 116 Å². The van der Waals surface area contributed by atoms with E-state index in [0.29, 0.717) is 22.1 Å². The summed E-state index contributed by atoms with van der Waals surface area (Å²) in [4.78, 5) is 67.3. The van der Waals surface area contributed by atoms with Crippen LogP contribution in [0.5, 0.6) is 0 Å². The van der Waals surface area contributed by atoms with Gasteiger partial charge in [0.05, 0.1) is 58.4 Å². The molecule has 8 atom stereocenters. The Hall–Kier alpha value is -5.04. The van der Waals surface area contributed by atoms with Crippen molar-refractivity contribution >= 4 is 45.7 Å². The number of carbonyl (C=O) groups excluding carboxylic acids is 4. The molecular weight excluding hydrogens is 779 g/mol. The number of imidazole rings is 2. The first-order chi connectivity index (χ1) is 28.4. The average Bonchev–Trinajstić information content (AvgIpc) is 3.96. The van der Waals surface area contributed by atoms with E-state index in [9.17, 15) is 38.2 Å². The molecular formula is C42H58F2N10O6. The van der Waals surface area contributed by atoms with Crippen molar-refractivity contribution in [2.24, 2.45) is 11.8 Å². The van der Waals surface area contributed by atoms with E-state index in [1.54, 1.807) is 59.0 Å². The molecule has 0 radical (unpaired) electrons. The summed E-state index contributed by atoms with van der Waals surface area (Å²) in [5.41, 5.74) is 1.61. The van der Waals surface area contributed by atoms with E-state index in [-0.39, 0.29) is 86.1 Å². The van der Waals surface area contributed by atoms with Crippen molar-refractivity contribution in [2.75, 3.05) is 27.2 Å². The molecule has 6 rings (SSSR count). The van der Waals surface area contributed by atoms with Crippen LogP contribution in [0.1, 0.15) is 54.4 Å². The molecule has 2 aliphatic heterocycles. The Balaban J connectivity index is 1.41. The SMILES string of the molecule is CN[C@H](C)C(=O)N[C@@H](C(=O)N1CC(O)C[C@H]1Cn1c(-c2nc3cc(F)ccc3n2C[C@@H]2CC(O)CN2C(=O)[C@H](NC(=O)[C@@H](C)NC)C(C)C)nc2cc(F)ccc21)C(C)C. The summed E-state index contributed by atoms with van der Waals surface area (Å²) in [6.07, 6.45) is -1.31. The molecule has 326 valence electrons. The molecule has 2 aromatic heterocycles. The number of aromatic nitrogens is 4. The number of aliphatic hydroxyl groups is 2. The van der Waals surface area contributed by atoms with Gasteiger partial charge < -0.3 is 50.4 Å². The van der Waals surface area contributed by atoms with Crippen LogP contribution in [0.15, 0.2) is 36.4 Å². The van der Waals surface area contributed by atoms with Crippen LogP contribution in [0.3, 0.4) is 0 Å². The number of carbonyl (C=O) groups is 4. The Labute approximate surface area is 348 Å². The summed E-state index contributed by atoms with van der Waals surface area (Å²) in [5.74, 6) is -2.48. The number of rotatable bonds is 15. The highest BCUT2D eigenvalue weighted by molar-refractivity contribution is 5.91. The first-order valence-electron chi connectivity index (χ1n) is 20.7. The second kappa shape index (κ2) is 18.3. The smallest absolute Gasteiger partial charge is 0.245 e. The van der Waals surface area contributed by atoms with Gasteiger partial charge in [0.25, 0.3) is 0 Å². The Morgan fingerprint density at radius 3 is 1.37 bits per heavy atom. The number of halogens is 2. The molecule has 0 saturated carbocycles. The molecule has 2 unspecified atom stereocenters. The van der Waals surface area contributed by atoms with Gasteiger partial charge in [0, 0.05) is 38.3 Å². The minimum atomic E-state index is -0.879. The third-order valence-electron chi connectivity index (χ3n) is 11.9. The van der Waals surface area contributed by atoms with E-state index in [2.05, 4.69) is 21.3 Å². The Morgan fingerprint density at radius 2 is 1.03 bits per heavy atom. The molecule has 2 fully saturated rings. The van der Waals surface area contributed by atoms with Crippen molar-refractivity contribution in [3.63, 3.8) is 0 Å². The topological polar surface area (TPSA) is 199 Å². The summed E-state index contributed by atoms with van der Waals surface area (Å²) in [5, 5.41) is 33.5. The van der Waals surface area contributed by atoms with Gasteiger partial charge in [0.1, 0.15) is 23.7 Å². The number of hydrogen-bond acceptors (Lipinski definition) is 10. The lowest BCUT2D eigenvalue weighted by molar-refractivity contribution is -0.139. The quantitative estimate of drug-likeness (QED) is 0.103. The van der Waals surface area contributed by atoms with Crippen LogP contribution >= 0.6 is 0 Å². The Morgan fingerprint density at radius 1 is 0.667 bits per heavy atom. The number of benzene rings is 2. The standard InChI is InChI=1S/C42H58F2N10O6/c1-21(2)35(49-39(57)23(5)45-7)41(59)51-19-29(55)15-27(51)17-53-33-11-9-25(43)13-31(33)47-37(53)38-48-32-14-26(44)10-12-34(32)54(38)18-28-16-30(56)20-52(28)42(60)36(22(3)4)50-40(58)24(6)46-8/h9-14,21-24,27-30,35-36,45-46,55-56H,15-20H2,1-8H3,(H,49,57)(H,50,58)/t23-,24-,27+,28+,29?,30?,35-,36-/m1/s1. The van der Waals surface area contributed by atoms with E-state index in [4.69, 9.17) is 9.97 Å². The number of hydrogen-bond donors (Lipinski definition) is 6. The fourth-order valence-corrected chi connectivity index (χ4v) is 8.21. The third kappa shape index (κ3) is 9.16. The van der Waals surface area contributed by atoms with Crippen molar-refractivity contribution in [3.05, 3.63) is 48.0 Å². The lowest BCUT2D eigenvalue weighted by Gasteiger charge is -2.32. The highest BCUT2D eigenvalue weighted by Gasteiger charge is 2.42. The van der Waals surface area contributed by atoms with Crippen LogP contribution in [0.4, 0.5) is 8.78 Å². The predicted molar refractivity (Wildman–Crippen MR) is 221 cm³/mol. The van der Waals surface area contributed by atoms with Gasteiger partial charge >= 0.3 is 0 Å². The average molecular weight is 837 g/mol. The number of β-amino-alcohol motifs (C(OH)–C–C–N with tert-alkyl or cyclic N) is 2. The second-order valence-corrected chi connectivity index (χ2v) is 16.9. The Kier molecular flexibility index (Phi) is 13.6. The van der Waals surface area contributed by atoms with Crippen molar-refractivity contribution < 1.29 is 38.2 Å². The van der Waals surface area contributed by atoms with Crippen LogP contribution < -0.4 is 21.3 Å². The monoisotopic (exact) mass is 836 g/mol. The molecule has 2 saturated heterocycles. The maximum Gasteiger partial charge on any atom is 0.245 e. The van der Waals surface area contributed by atoms with Crippen LogP contribution in [0.2, 0.25) is 0 Å². The lowest BCUT2D eigenvalue weighted by atomic mass is 10.0. The van der Waals surface area contributed by atoms with Gasteiger partial charge in [0.2, 0.25) is 23.6 Å². The van der Waals surface area contributed by atoms with Gasteiger partial charge in [-0.2, -0.15) is 0 Å². The maximum atomic E-state index is 14.8. The largest absolute Gasteiger partial charge is 0.391 e. The van der Waals surface area contributed by atoms with Crippen molar-refractivity contribution in [3.8, 4) is 11.6 Å². The molecule has 2 aliphatic rings. The normalized spacial score (nSPS) is 21.6. The minimum absolute atomic E-state index is 0.0259. The highest BCUT2D eigenvalue weighted by atomic mass is 19.1. The third-order valence-corrected chi connectivity index (χ3v) is 11.9. The molecule has 0 spiro atoms. The fraction of sp³-hybridized carbons (Fsp3) is 0.571. The minimum Gasteiger partial charge on any atom is -0.391 e. The molecule has 4 aromatic rings. The molecule has 6 N–H and O–H groups in total. The van der Waals surface area contributed by atoms with E-state index in [1.165, 1.54) is 24.3 Å². The second-order valence-electron chi connectivity index (χ2n) is 16.9. The van der Waals surface area contributed by atoms with Crippen LogP contribution in [0.25, 0.3) is 33.7 Å². The number of nitrogens with zero attached hydrogens (tertiary/aromatic N) is 6. The van der Waals surface area contributed by atoms with Gasteiger partial charge in [-0.05, 0) is 76.9 Å². The van der Waals surface area contributed by atoms with Gasteiger partial charge in [-0.1, -0.05) is 27.7 Å². The highest BCUT2D eigenvalue weighted by Crippen LogP contribution is 2.33. The number of aliphatic hydroxyl groups excluding tert-OH is 2. The number of nitrogens with one attached hydrogen (secondary N) is 4.